The minimum absolute atomic E-state index is 0.400. The average Bonchev–Trinajstić information content (AvgIpc) is 2.89. The van der Waals surface area contributed by atoms with Gasteiger partial charge in [-0.3, -0.25) is 4.79 Å². The van der Waals surface area contributed by atoms with Gasteiger partial charge in [-0.05, 0) is 31.9 Å². The molecule has 0 fully saturated rings. The van der Waals surface area contributed by atoms with Gasteiger partial charge < -0.3 is 14.3 Å². The Balaban J connectivity index is 2.50. The Morgan fingerprint density at radius 2 is 1.59 bits per heavy atom. The number of carbonyl (C=O) groups excluding carboxylic acids is 2. The van der Waals surface area contributed by atoms with Gasteiger partial charge in [0.2, 0.25) is 6.10 Å². The highest BCUT2D eigenvalue weighted by Crippen LogP contribution is 2.29. The fourth-order valence-corrected chi connectivity index (χ4v) is 2.82. The molecule has 0 spiro atoms. The lowest BCUT2D eigenvalue weighted by Crippen LogP contribution is -2.38. The van der Waals surface area contributed by atoms with Crippen LogP contribution in [-0.2, 0) is 23.9 Å². The Morgan fingerprint density at radius 1 is 1.05 bits per heavy atom. The van der Waals surface area contributed by atoms with Crippen LogP contribution in [0.3, 0.4) is 0 Å². The van der Waals surface area contributed by atoms with Crippen LogP contribution in [0.15, 0.2) is 17.3 Å². The van der Waals surface area contributed by atoms with E-state index in [0.717, 1.165) is 22.3 Å². The molecule has 0 saturated heterocycles. The van der Waals surface area contributed by atoms with Gasteiger partial charge in [-0.25, -0.2) is 4.79 Å². The normalized spacial score (nSPS) is 20.1. The summed E-state index contributed by atoms with van der Waals surface area (Å²) in [4.78, 5) is 29.1. The lowest BCUT2D eigenvalue weighted by atomic mass is 9.87. The summed E-state index contributed by atoms with van der Waals surface area (Å²) in [6, 6.07) is 3.98. The number of rotatable bonds is 3. The maximum Gasteiger partial charge on any atom is 0.351 e. The van der Waals surface area contributed by atoms with Gasteiger partial charge in [0, 0.05) is 5.56 Å². The van der Waals surface area contributed by atoms with E-state index < -0.39 is 24.0 Å². The molecule has 6 nitrogen and oxygen atoms in total. The lowest BCUT2D eigenvalue weighted by molar-refractivity contribution is -0.161. The van der Waals surface area contributed by atoms with Gasteiger partial charge in [0.15, 0.2) is 5.92 Å². The predicted molar refractivity (Wildman–Crippen MR) is 79.6 cm³/mol. The van der Waals surface area contributed by atoms with E-state index in [1.807, 2.05) is 32.9 Å². The van der Waals surface area contributed by atoms with E-state index in [1.54, 1.807) is 0 Å². The van der Waals surface area contributed by atoms with Crippen molar-refractivity contribution in [2.75, 3.05) is 14.2 Å². The van der Waals surface area contributed by atoms with E-state index in [9.17, 15) is 9.59 Å². The Labute approximate surface area is 129 Å². The predicted octanol–water partition coefficient (Wildman–Crippen LogP) is 1.68. The Hall–Kier alpha value is -2.37. The molecule has 0 unspecified atom stereocenters. The molecule has 6 heteroatoms. The van der Waals surface area contributed by atoms with Crippen molar-refractivity contribution in [3.05, 3.63) is 34.4 Å². The molecule has 1 aliphatic rings. The van der Waals surface area contributed by atoms with Crippen LogP contribution < -0.4 is 0 Å². The maximum atomic E-state index is 12.1. The largest absolute Gasteiger partial charge is 0.468 e. The van der Waals surface area contributed by atoms with Crippen molar-refractivity contribution < 1.29 is 23.9 Å². The molecule has 0 bridgehead atoms. The molecule has 0 amide bonds. The summed E-state index contributed by atoms with van der Waals surface area (Å²) in [7, 11) is 2.50. The average molecular weight is 305 g/mol. The zero-order chi connectivity index (χ0) is 16.4. The van der Waals surface area contributed by atoms with E-state index in [2.05, 4.69) is 9.89 Å². The Bertz CT molecular complexity index is 627. The third-order valence-electron chi connectivity index (χ3n) is 3.68. The first-order chi connectivity index (χ1) is 10.4. The Kier molecular flexibility index (Phi) is 4.49. The van der Waals surface area contributed by atoms with Crippen LogP contribution in [0.1, 0.15) is 22.3 Å². The number of oxime groups is 1. The number of nitrogens with zero attached hydrogens (tertiary/aromatic N) is 1. The molecular weight excluding hydrogens is 286 g/mol. The van der Waals surface area contributed by atoms with E-state index >= 15 is 0 Å². The summed E-state index contributed by atoms with van der Waals surface area (Å²) >= 11 is 0. The number of benzene rings is 1. The van der Waals surface area contributed by atoms with Crippen molar-refractivity contribution in [3.8, 4) is 0 Å². The number of hydrogen-bond acceptors (Lipinski definition) is 6. The first-order valence-electron chi connectivity index (χ1n) is 6.88. The molecule has 0 N–H and O–H groups in total. The number of aryl methyl sites for hydroxylation is 3. The van der Waals surface area contributed by atoms with Gasteiger partial charge in [-0.15, -0.1) is 0 Å². The smallest absolute Gasteiger partial charge is 0.351 e. The summed E-state index contributed by atoms with van der Waals surface area (Å²) in [6.45, 7) is 5.85. The molecular formula is C16H19NO5. The summed E-state index contributed by atoms with van der Waals surface area (Å²) in [5.74, 6) is -2.17. The molecule has 22 heavy (non-hydrogen) atoms. The molecule has 0 radical (unpaired) electrons. The second-order valence-electron chi connectivity index (χ2n) is 5.30. The van der Waals surface area contributed by atoms with Gasteiger partial charge in [0.25, 0.3) is 0 Å². The van der Waals surface area contributed by atoms with Gasteiger partial charge in [-0.1, -0.05) is 22.9 Å². The van der Waals surface area contributed by atoms with E-state index in [-0.39, 0.29) is 0 Å². The van der Waals surface area contributed by atoms with Crippen molar-refractivity contribution in [1.82, 2.24) is 0 Å². The second kappa shape index (κ2) is 6.17. The zero-order valence-corrected chi connectivity index (χ0v) is 13.3. The first-order valence-corrected chi connectivity index (χ1v) is 6.88. The van der Waals surface area contributed by atoms with Crippen molar-refractivity contribution in [3.63, 3.8) is 0 Å². The topological polar surface area (TPSA) is 74.2 Å². The zero-order valence-electron chi connectivity index (χ0n) is 13.3. The number of esters is 2. The second-order valence-corrected chi connectivity index (χ2v) is 5.30. The highest BCUT2D eigenvalue weighted by atomic mass is 16.7. The van der Waals surface area contributed by atoms with Crippen molar-refractivity contribution >= 4 is 17.7 Å². The summed E-state index contributed by atoms with van der Waals surface area (Å²) in [6.07, 6.45) is -1.12. The third kappa shape index (κ3) is 2.68. The monoisotopic (exact) mass is 305 g/mol. The summed E-state index contributed by atoms with van der Waals surface area (Å²) in [5.41, 5.74) is 4.22. The fourth-order valence-electron chi connectivity index (χ4n) is 2.82. The van der Waals surface area contributed by atoms with Gasteiger partial charge >= 0.3 is 11.9 Å². The van der Waals surface area contributed by atoms with Crippen LogP contribution in [0.25, 0.3) is 0 Å². The minimum Gasteiger partial charge on any atom is -0.468 e. The summed E-state index contributed by atoms with van der Waals surface area (Å²) in [5, 5.41) is 3.97. The molecule has 1 aliphatic heterocycles. The van der Waals surface area contributed by atoms with Gasteiger partial charge in [0.05, 0.1) is 14.2 Å². The fraction of sp³-hybridized carbons (Fsp3) is 0.438. The molecule has 1 aromatic rings. The molecule has 1 aromatic carbocycles. The van der Waals surface area contributed by atoms with Crippen LogP contribution in [0, 0.1) is 26.7 Å². The first kappa shape index (κ1) is 16.0. The number of carbonyl (C=O) groups is 2. The lowest BCUT2D eigenvalue weighted by Gasteiger charge is -2.17. The highest BCUT2D eigenvalue weighted by Gasteiger charge is 2.47. The molecule has 118 valence electrons. The molecule has 0 saturated carbocycles. The quantitative estimate of drug-likeness (QED) is 0.794. The highest BCUT2D eigenvalue weighted by molar-refractivity contribution is 6.16. The van der Waals surface area contributed by atoms with Gasteiger partial charge in [-0.2, -0.15) is 0 Å². The number of methoxy groups -OCH3 is 2. The van der Waals surface area contributed by atoms with E-state index in [0.29, 0.717) is 5.71 Å². The van der Waals surface area contributed by atoms with Crippen LogP contribution in [-0.4, -0.2) is 38.0 Å². The van der Waals surface area contributed by atoms with Crippen molar-refractivity contribution in [2.24, 2.45) is 11.1 Å². The minimum atomic E-state index is -1.12. The third-order valence-corrected chi connectivity index (χ3v) is 3.68. The molecule has 2 rings (SSSR count). The SMILES string of the molecule is COC(=O)[C@H]1C(c2c(C)cc(C)cc2C)=NO[C@H]1C(=O)OC. The number of ether oxygens (including phenoxy) is 2. The maximum absolute atomic E-state index is 12.1. The molecule has 0 aliphatic carbocycles. The van der Waals surface area contributed by atoms with E-state index in [1.165, 1.54) is 14.2 Å². The van der Waals surface area contributed by atoms with Crippen molar-refractivity contribution in [2.45, 2.75) is 26.9 Å². The van der Waals surface area contributed by atoms with E-state index in [4.69, 9.17) is 9.57 Å². The molecule has 1 heterocycles. The van der Waals surface area contributed by atoms with Crippen molar-refractivity contribution in [1.29, 1.82) is 0 Å². The van der Waals surface area contributed by atoms with Gasteiger partial charge in [0.1, 0.15) is 5.71 Å². The van der Waals surface area contributed by atoms with Crippen LogP contribution in [0.5, 0.6) is 0 Å². The van der Waals surface area contributed by atoms with Crippen LogP contribution in [0.4, 0.5) is 0 Å². The standard InChI is InChI=1S/C16H19NO5/c1-8-6-9(2)11(10(3)7-8)13-12(15(18)20-4)14(22-17-13)16(19)21-5/h6-7,12,14H,1-5H3/t12-,14+/m0/s1. The Morgan fingerprint density at radius 3 is 2.09 bits per heavy atom. The molecule has 2 atom stereocenters. The van der Waals surface area contributed by atoms with Crippen LogP contribution >= 0.6 is 0 Å². The summed E-state index contributed by atoms with van der Waals surface area (Å²) < 4.78 is 9.48. The van der Waals surface area contributed by atoms with Crippen LogP contribution in [0.2, 0.25) is 0 Å². The molecule has 0 aromatic heterocycles. The number of hydrogen-bond donors (Lipinski definition) is 0.